The maximum Gasteiger partial charge on any atom is 0.435 e. The second-order valence-electron chi connectivity index (χ2n) is 3.29. The Bertz CT molecular complexity index is 554. The Hall–Kier alpha value is -2.13. The first-order valence-corrected chi connectivity index (χ1v) is 4.55. The second-order valence-corrected chi connectivity index (χ2v) is 3.29. The summed E-state index contributed by atoms with van der Waals surface area (Å²) in [6.45, 7) is -2.94. The van der Waals surface area contributed by atoms with Crippen LogP contribution in [-0.2, 0) is 6.18 Å². The zero-order chi connectivity index (χ0) is 13.5. The predicted molar refractivity (Wildman–Crippen MR) is 50.0 cm³/mol. The minimum absolute atomic E-state index is 0.216. The van der Waals surface area contributed by atoms with E-state index in [0.717, 1.165) is 18.5 Å². The molecule has 0 aliphatic carbocycles. The van der Waals surface area contributed by atoms with Crippen molar-refractivity contribution in [3.05, 3.63) is 24.2 Å². The topological polar surface area (TPSA) is 61.7 Å². The monoisotopic (exact) mass is 267 g/mol. The standard InChI is InChI=1S/C8H6F5N5/c9-7(10)17-2-1-5(16-17)18-6(8(11,12)13)4(14)3-15-18/h1-3,7H,14H2. The Morgan fingerprint density at radius 3 is 2.44 bits per heavy atom. The molecule has 0 unspecified atom stereocenters. The number of aromatic nitrogens is 4. The minimum atomic E-state index is -4.75. The van der Waals surface area contributed by atoms with E-state index in [1.807, 2.05) is 0 Å². The van der Waals surface area contributed by atoms with Gasteiger partial charge < -0.3 is 5.73 Å². The molecule has 18 heavy (non-hydrogen) atoms. The van der Waals surface area contributed by atoms with E-state index in [1.54, 1.807) is 0 Å². The molecule has 0 aliphatic heterocycles. The van der Waals surface area contributed by atoms with Crippen LogP contribution >= 0.6 is 0 Å². The van der Waals surface area contributed by atoms with Crippen molar-refractivity contribution in [3.8, 4) is 5.82 Å². The van der Waals surface area contributed by atoms with Crippen molar-refractivity contribution in [1.29, 1.82) is 0 Å². The Kier molecular flexibility index (Phi) is 2.71. The minimum Gasteiger partial charge on any atom is -0.396 e. The van der Waals surface area contributed by atoms with Gasteiger partial charge in [-0.3, -0.25) is 0 Å². The molecule has 0 spiro atoms. The molecular weight excluding hydrogens is 261 g/mol. The number of hydrogen-bond acceptors (Lipinski definition) is 3. The fourth-order valence-corrected chi connectivity index (χ4v) is 1.37. The fraction of sp³-hybridized carbons (Fsp3) is 0.250. The van der Waals surface area contributed by atoms with Crippen molar-refractivity contribution in [2.45, 2.75) is 12.7 Å². The number of rotatable bonds is 2. The van der Waals surface area contributed by atoms with Gasteiger partial charge in [0.2, 0.25) is 0 Å². The van der Waals surface area contributed by atoms with Gasteiger partial charge in [-0.05, 0) is 0 Å². The van der Waals surface area contributed by atoms with E-state index in [4.69, 9.17) is 5.73 Å². The normalized spacial score (nSPS) is 12.3. The van der Waals surface area contributed by atoms with Crippen LogP contribution in [0, 0.1) is 0 Å². The summed E-state index contributed by atoms with van der Waals surface area (Å²) >= 11 is 0. The number of nitrogens with two attached hydrogens (primary N) is 1. The zero-order valence-corrected chi connectivity index (χ0v) is 8.57. The lowest BCUT2D eigenvalue weighted by atomic mass is 10.3. The number of anilines is 1. The molecule has 0 aliphatic rings. The highest BCUT2D eigenvalue weighted by molar-refractivity contribution is 5.45. The van der Waals surface area contributed by atoms with Crippen LogP contribution in [0.25, 0.3) is 5.82 Å². The second kappa shape index (κ2) is 3.96. The quantitative estimate of drug-likeness (QED) is 0.847. The number of nitrogens with zero attached hydrogens (tertiary/aromatic N) is 4. The molecule has 0 fully saturated rings. The third kappa shape index (κ3) is 2.00. The highest BCUT2D eigenvalue weighted by Gasteiger charge is 2.38. The Morgan fingerprint density at radius 2 is 1.94 bits per heavy atom. The van der Waals surface area contributed by atoms with Crippen LogP contribution in [0.4, 0.5) is 27.6 Å². The van der Waals surface area contributed by atoms with Crippen LogP contribution in [-0.4, -0.2) is 19.6 Å². The van der Waals surface area contributed by atoms with E-state index in [0.29, 0.717) is 4.68 Å². The molecule has 0 atom stereocenters. The van der Waals surface area contributed by atoms with E-state index in [2.05, 4.69) is 10.2 Å². The highest BCUT2D eigenvalue weighted by atomic mass is 19.4. The number of alkyl halides is 5. The summed E-state index contributed by atoms with van der Waals surface area (Å²) in [6.07, 6.45) is -3.13. The van der Waals surface area contributed by atoms with Crippen molar-refractivity contribution in [3.63, 3.8) is 0 Å². The fourth-order valence-electron chi connectivity index (χ4n) is 1.37. The number of nitrogen functional groups attached to an aromatic ring is 1. The van der Waals surface area contributed by atoms with E-state index in [-0.39, 0.29) is 10.5 Å². The van der Waals surface area contributed by atoms with Crippen molar-refractivity contribution in [2.24, 2.45) is 0 Å². The summed E-state index contributed by atoms with van der Waals surface area (Å²) in [7, 11) is 0. The van der Waals surface area contributed by atoms with Crippen LogP contribution < -0.4 is 5.73 Å². The molecule has 2 aromatic heterocycles. The maximum atomic E-state index is 12.7. The summed E-state index contributed by atoms with van der Waals surface area (Å²) in [6, 6.07) is 0.980. The molecule has 2 N–H and O–H groups in total. The molecule has 10 heteroatoms. The van der Waals surface area contributed by atoms with Gasteiger partial charge in [-0.1, -0.05) is 0 Å². The van der Waals surface area contributed by atoms with E-state index in [9.17, 15) is 22.0 Å². The molecule has 2 aromatic rings. The predicted octanol–water partition coefficient (Wildman–Crippen LogP) is 2.06. The van der Waals surface area contributed by atoms with Gasteiger partial charge in [0.1, 0.15) is 0 Å². The van der Waals surface area contributed by atoms with Crippen LogP contribution in [0.15, 0.2) is 18.5 Å². The third-order valence-electron chi connectivity index (χ3n) is 2.08. The SMILES string of the molecule is Nc1cnn(-c2ccn(C(F)F)n2)c1C(F)(F)F. The molecule has 0 radical (unpaired) electrons. The molecule has 0 aromatic carbocycles. The summed E-state index contributed by atoms with van der Waals surface area (Å²) in [4.78, 5) is 0. The van der Waals surface area contributed by atoms with Gasteiger partial charge in [-0.15, -0.1) is 5.10 Å². The summed E-state index contributed by atoms with van der Waals surface area (Å²) in [5.74, 6) is -0.390. The number of hydrogen-bond donors (Lipinski definition) is 1. The van der Waals surface area contributed by atoms with Crippen LogP contribution in [0.1, 0.15) is 12.2 Å². The van der Waals surface area contributed by atoms with Gasteiger partial charge >= 0.3 is 12.7 Å². The zero-order valence-electron chi connectivity index (χ0n) is 8.57. The molecule has 2 rings (SSSR count). The lowest BCUT2D eigenvalue weighted by Gasteiger charge is -2.09. The Morgan fingerprint density at radius 1 is 1.28 bits per heavy atom. The Balaban J connectivity index is 2.51. The van der Waals surface area contributed by atoms with Crippen molar-refractivity contribution >= 4 is 5.69 Å². The molecule has 0 bridgehead atoms. The first-order chi connectivity index (χ1) is 8.30. The molecule has 0 amide bonds. The van der Waals surface area contributed by atoms with Crippen LogP contribution in [0.2, 0.25) is 0 Å². The summed E-state index contributed by atoms with van der Waals surface area (Å²) < 4.78 is 63.1. The van der Waals surface area contributed by atoms with Crippen LogP contribution in [0.3, 0.4) is 0 Å². The molecule has 0 saturated heterocycles. The maximum absolute atomic E-state index is 12.7. The van der Waals surface area contributed by atoms with Gasteiger partial charge in [0, 0.05) is 12.3 Å². The van der Waals surface area contributed by atoms with Crippen molar-refractivity contribution < 1.29 is 22.0 Å². The van der Waals surface area contributed by atoms with E-state index in [1.165, 1.54) is 0 Å². The summed E-state index contributed by atoms with van der Waals surface area (Å²) in [5.41, 5.74) is 3.29. The largest absolute Gasteiger partial charge is 0.435 e. The number of halogens is 5. The average Bonchev–Trinajstić information content (AvgIpc) is 2.81. The molecule has 0 saturated carbocycles. The van der Waals surface area contributed by atoms with Crippen molar-refractivity contribution in [1.82, 2.24) is 19.6 Å². The van der Waals surface area contributed by atoms with E-state index < -0.39 is 24.1 Å². The first kappa shape index (κ1) is 12.3. The van der Waals surface area contributed by atoms with Gasteiger partial charge in [-0.2, -0.15) is 27.1 Å². The lowest BCUT2D eigenvalue weighted by Crippen LogP contribution is -2.15. The van der Waals surface area contributed by atoms with Crippen LogP contribution in [0.5, 0.6) is 0 Å². The molecule has 98 valence electrons. The molecule has 2 heterocycles. The van der Waals surface area contributed by atoms with Crippen molar-refractivity contribution in [2.75, 3.05) is 5.73 Å². The highest BCUT2D eigenvalue weighted by Crippen LogP contribution is 2.34. The smallest absolute Gasteiger partial charge is 0.396 e. The van der Waals surface area contributed by atoms with E-state index >= 15 is 0 Å². The van der Waals surface area contributed by atoms with Gasteiger partial charge in [-0.25, -0.2) is 9.36 Å². The summed E-state index contributed by atoms with van der Waals surface area (Å²) in [5, 5.41) is 6.66. The Labute approximate surface area is 96.6 Å². The third-order valence-corrected chi connectivity index (χ3v) is 2.08. The van der Waals surface area contributed by atoms with Gasteiger partial charge in [0.15, 0.2) is 11.5 Å². The average molecular weight is 267 g/mol. The first-order valence-electron chi connectivity index (χ1n) is 4.55. The molecule has 5 nitrogen and oxygen atoms in total. The lowest BCUT2D eigenvalue weighted by molar-refractivity contribution is -0.142. The van der Waals surface area contributed by atoms with Gasteiger partial charge in [0.25, 0.3) is 0 Å². The van der Waals surface area contributed by atoms with Gasteiger partial charge in [0.05, 0.1) is 11.9 Å². The molecular formula is C8H6F5N5.